The third-order valence-corrected chi connectivity index (χ3v) is 4.65. The quantitative estimate of drug-likeness (QED) is 0.445. The average Bonchev–Trinajstić information content (AvgIpc) is 3.40. The molecule has 0 radical (unpaired) electrons. The van der Waals surface area contributed by atoms with E-state index >= 15 is 0 Å². The summed E-state index contributed by atoms with van der Waals surface area (Å²) in [5.41, 5.74) is -0.0282. The predicted octanol–water partition coefficient (Wildman–Crippen LogP) is 2.75. The maximum atomic E-state index is 12.3. The molecule has 4 rings (SSSR count). The Hall–Kier alpha value is -2.96. The Labute approximate surface area is 156 Å². The highest BCUT2D eigenvalue weighted by atomic mass is 16.8. The number of epoxide rings is 1. The van der Waals surface area contributed by atoms with Crippen LogP contribution < -0.4 is 0 Å². The van der Waals surface area contributed by atoms with E-state index in [0.29, 0.717) is 11.1 Å². The highest BCUT2D eigenvalue weighted by Crippen LogP contribution is 2.51. The zero-order chi connectivity index (χ0) is 18.9. The molecular formula is C21H18O6. The molecule has 6 heteroatoms. The molecule has 0 aliphatic carbocycles. The number of rotatable bonds is 6. The van der Waals surface area contributed by atoms with Crippen molar-refractivity contribution in [2.75, 3.05) is 6.61 Å². The van der Waals surface area contributed by atoms with Crippen LogP contribution in [-0.4, -0.2) is 42.6 Å². The molecule has 27 heavy (non-hydrogen) atoms. The number of carbonyl (C=O) groups is 2. The van der Waals surface area contributed by atoms with E-state index in [1.165, 1.54) is 0 Å². The lowest BCUT2D eigenvalue weighted by atomic mass is 10.0. The van der Waals surface area contributed by atoms with Crippen molar-refractivity contribution in [3.8, 4) is 0 Å². The van der Waals surface area contributed by atoms with Crippen molar-refractivity contribution in [1.29, 1.82) is 0 Å². The van der Waals surface area contributed by atoms with E-state index in [9.17, 15) is 9.59 Å². The molecule has 6 nitrogen and oxygen atoms in total. The molecule has 0 unspecified atom stereocenters. The maximum absolute atomic E-state index is 12.3. The van der Waals surface area contributed by atoms with E-state index in [-0.39, 0.29) is 12.7 Å². The van der Waals surface area contributed by atoms with Gasteiger partial charge in [0.25, 0.3) is 0 Å². The second-order valence-corrected chi connectivity index (χ2v) is 6.34. The molecule has 0 amide bonds. The molecule has 0 saturated carbocycles. The van der Waals surface area contributed by atoms with E-state index in [4.69, 9.17) is 18.9 Å². The summed E-state index contributed by atoms with van der Waals surface area (Å²) in [4.78, 5) is 24.4. The van der Waals surface area contributed by atoms with Crippen molar-refractivity contribution < 1.29 is 28.5 Å². The van der Waals surface area contributed by atoms with Crippen LogP contribution in [0.2, 0.25) is 0 Å². The van der Waals surface area contributed by atoms with Gasteiger partial charge in [0, 0.05) is 0 Å². The van der Waals surface area contributed by atoms with Crippen molar-refractivity contribution in [3.05, 3.63) is 84.4 Å². The molecule has 0 bridgehead atoms. The molecule has 4 atom stereocenters. The fourth-order valence-electron chi connectivity index (χ4n) is 3.14. The summed E-state index contributed by atoms with van der Waals surface area (Å²) < 4.78 is 22.2. The van der Waals surface area contributed by atoms with Crippen molar-refractivity contribution >= 4 is 11.9 Å². The topological polar surface area (TPSA) is 74.4 Å². The number of fused-ring (bicyclic) bond motifs is 1. The van der Waals surface area contributed by atoms with E-state index in [2.05, 4.69) is 6.58 Å². The van der Waals surface area contributed by atoms with Gasteiger partial charge in [-0.15, -0.1) is 0 Å². The first-order chi connectivity index (χ1) is 13.1. The molecule has 2 aliphatic heterocycles. The number of hydrogen-bond acceptors (Lipinski definition) is 6. The molecular weight excluding hydrogens is 348 g/mol. The Morgan fingerprint density at radius 1 is 1.00 bits per heavy atom. The highest BCUT2D eigenvalue weighted by Gasteiger charge is 2.72. The summed E-state index contributed by atoms with van der Waals surface area (Å²) in [6, 6.07) is 17.3. The van der Waals surface area contributed by atoms with Gasteiger partial charge in [-0.05, 0) is 24.3 Å². The van der Waals surface area contributed by atoms with Crippen molar-refractivity contribution in [3.63, 3.8) is 0 Å². The summed E-state index contributed by atoms with van der Waals surface area (Å²) in [5.74, 6) is -0.966. The number of benzene rings is 2. The van der Waals surface area contributed by atoms with Gasteiger partial charge in [0.15, 0.2) is 5.60 Å². The molecule has 0 N–H and O–H groups in total. The molecule has 2 aliphatic rings. The Bertz CT molecular complexity index is 849. The van der Waals surface area contributed by atoms with Crippen molar-refractivity contribution in [2.45, 2.75) is 24.1 Å². The van der Waals surface area contributed by atoms with Crippen LogP contribution in [0, 0.1) is 0 Å². The highest BCUT2D eigenvalue weighted by molar-refractivity contribution is 5.90. The van der Waals surface area contributed by atoms with Crippen LogP contribution in [-0.2, 0) is 18.9 Å². The van der Waals surface area contributed by atoms with E-state index < -0.39 is 29.9 Å². The minimum Gasteiger partial charge on any atom is -0.459 e. The van der Waals surface area contributed by atoms with E-state index in [0.717, 1.165) is 0 Å². The van der Waals surface area contributed by atoms with Crippen LogP contribution in [0.25, 0.3) is 0 Å². The monoisotopic (exact) mass is 366 g/mol. The molecule has 138 valence electrons. The Kier molecular flexibility index (Phi) is 4.51. The summed E-state index contributed by atoms with van der Waals surface area (Å²) in [6.45, 7) is 3.75. The van der Waals surface area contributed by atoms with Crippen LogP contribution in [0.1, 0.15) is 20.7 Å². The minimum atomic E-state index is -0.937. The van der Waals surface area contributed by atoms with Gasteiger partial charge in [-0.3, -0.25) is 0 Å². The Morgan fingerprint density at radius 2 is 1.59 bits per heavy atom. The van der Waals surface area contributed by atoms with Crippen LogP contribution in [0.4, 0.5) is 0 Å². The lowest BCUT2D eigenvalue weighted by Gasteiger charge is -2.20. The number of ether oxygens (including phenoxy) is 4. The molecule has 2 saturated heterocycles. The van der Waals surface area contributed by atoms with Crippen LogP contribution in [0.15, 0.2) is 73.3 Å². The first-order valence-corrected chi connectivity index (χ1v) is 8.59. The SMILES string of the molecule is C=C[C@@]12O[C@@H]1[C@@H](COC(=O)c1ccccc1)O[C@@H]2OC(=O)c1ccccc1. The van der Waals surface area contributed by atoms with Crippen molar-refractivity contribution in [1.82, 2.24) is 0 Å². The molecule has 2 aromatic rings. The second kappa shape index (κ2) is 6.98. The number of hydrogen-bond donors (Lipinski definition) is 0. The lowest BCUT2D eigenvalue weighted by Crippen LogP contribution is -2.32. The van der Waals surface area contributed by atoms with E-state index in [1.807, 2.05) is 12.1 Å². The molecule has 2 heterocycles. The third kappa shape index (κ3) is 3.25. The van der Waals surface area contributed by atoms with Gasteiger partial charge in [0.05, 0.1) is 11.1 Å². The predicted molar refractivity (Wildman–Crippen MR) is 95.0 cm³/mol. The molecule has 0 aromatic heterocycles. The van der Waals surface area contributed by atoms with Gasteiger partial charge in [0.2, 0.25) is 6.29 Å². The molecule has 0 spiro atoms. The first kappa shape index (κ1) is 17.5. The Balaban J connectivity index is 1.39. The molecule has 2 aromatic carbocycles. The smallest absolute Gasteiger partial charge is 0.340 e. The normalized spacial score (nSPS) is 28.1. The largest absolute Gasteiger partial charge is 0.459 e. The van der Waals surface area contributed by atoms with Crippen LogP contribution in [0.5, 0.6) is 0 Å². The third-order valence-electron chi connectivity index (χ3n) is 4.65. The van der Waals surface area contributed by atoms with Crippen molar-refractivity contribution in [2.24, 2.45) is 0 Å². The maximum Gasteiger partial charge on any atom is 0.340 e. The first-order valence-electron chi connectivity index (χ1n) is 8.59. The van der Waals surface area contributed by atoms with Gasteiger partial charge in [-0.2, -0.15) is 0 Å². The summed E-state index contributed by atoms with van der Waals surface area (Å²) in [5, 5.41) is 0. The fraction of sp³-hybridized carbons (Fsp3) is 0.238. The van der Waals surface area contributed by atoms with E-state index in [1.54, 1.807) is 54.6 Å². The van der Waals surface area contributed by atoms with Gasteiger partial charge in [0.1, 0.15) is 18.8 Å². The van der Waals surface area contributed by atoms with Crippen LogP contribution >= 0.6 is 0 Å². The zero-order valence-corrected chi connectivity index (χ0v) is 14.4. The summed E-state index contributed by atoms with van der Waals surface area (Å²) >= 11 is 0. The average molecular weight is 366 g/mol. The fourth-order valence-corrected chi connectivity index (χ4v) is 3.14. The minimum absolute atomic E-state index is 0.00658. The lowest BCUT2D eigenvalue weighted by molar-refractivity contribution is -0.165. The van der Waals surface area contributed by atoms with Gasteiger partial charge >= 0.3 is 11.9 Å². The molecule has 2 fully saturated rings. The van der Waals surface area contributed by atoms with Gasteiger partial charge in [-0.1, -0.05) is 49.1 Å². The second-order valence-electron chi connectivity index (χ2n) is 6.34. The zero-order valence-electron chi connectivity index (χ0n) is 14.4. The number of esters is 2. The van der Waals surface area contributed by atoms with Crippen LogP contribution in [0.3, 0.4) is 0 Å². The standard InChI is InChI=1S/C21H18O6/c1-2-21-17(27-21)16(13-24-18(22)14-9-5-3-6-10-14)25-20(21)26-19(23)15-11-7-4-8-12-15/h2-12,16-17,20H,1,13H2/t16-,17-,20-,21-/m1/s1. The number of carbonyl (C=O) groups excluding carboxylic acids is 2. The van der Waals surface area contributed by atoms with Gasteiger partial charge in [-0.25, -0.2) is 9.59 Å². The summed E-state index contributed by atoms with van der Waals surface area (Å²) in [6.07, 6.45) is -0.274. The Morgan fingerprint density at radius 3 is 2.19 bits per heavy atom. The summed E-state index contributed by atoms with van der Waals surface area (Å²) in [7, 11) is 0. The van der Waals surface area contributed by atoms with Gasteiger partial charge < -0.3 is 18.9 Å².